The van der Waals surface area contributed by atoms with Gasteiger partial charge in [0.25, 0.3) is 6.43 Å². The Labute approximate surface area is 117 Å². The van der Waals surface area contributed by atoms with Crippen molar-refractivity contribution in [1.82, 2.24) is 0 Å². The van der Waals surface area contributed by atoms with Gasteiger partial charge in [0.2, 0.25) is 0 Å². The molecule has 0 radical (unpaired) electrons. The lowest BCUT2D eigenvalue weighted by molar-refractivity contribution is 0.00578. The fourth-order valence-corrected chi connectivity index (χ4v) is 2.22. The zero-order chi connectivity index (χ0) is 14.4. The Bertz CT molecular complexity index is 476. The molecule has 0 atom stereocenters. The van der Waals surface area contributed by atoms with Crippen LogP contribution in [0.1, 0.15) is 39.7 Å². The van der Waals surface area contributed by atoms with Crippen LogP contribution in [0.2, 0.25) is 5.02 Å². The standard InChI is InChI=1S/C13H16BClF2O2/c1-12(2)13(3,4)19-14(18-12)8-6-5-7-9(15)10(8)11(16)17/h5-7,11H,1-4H3. The van der Waals surface area contributed by atoms with Crippen LogP contribution in [0.25, 0.3) is 0 Å². The highest BCUT2D eigenvalue weighted by atomic mass is 35.5. The third-order valence-electron chi connectivity index (χ3n) is 3.81. The summed E-state index contributed by atoms with van der Waals surface area (Å²) in [5.74, 6) is 0. The van der Waals surface area contributed by atoms with Gasteiger partial charge in [0.05, 0.1) is 11.2 Å². The van der Waals surface area contributed by atoms with Crippen molar-refractivity contribution in [3.8, 4) is 0 Å². The minimum Gasteiger partial charge on any atom is -0.399 e. The van der Waals surface area contributed by atoms with Crippen LogP contribution in [0.3, 0.4) is 0 Å². The largest absolute Gasteiger partial charge is 0.495 e. The van der Waals surface area contributed by atoms with Crippen LogP contribution < -0.4 is 5.46 Å². The van der Waals surface area contributed by atoms with Crippen molar-refractivity contribution >= 4 is 24.2 Å². The Balaban J connectivity index is 2.43. The summed E-state index contributed by atoms with van der Waals surface area (Å²) in [4.78, 5) is 0. The topological polar surface area (TPSA) is 18.5 Å². The van der Waals surface area contributed by atoms with Gasteiger partial charge in [-0.1, -0.05) is 23.7 Å². The number of benzene rings is 1. The average Bonchev–Trinajstić information content (AvgIpc) is 2.47. The van der Waals surface area contributed by atoms with E-state index in [0.717, 1.165) is 0 Å². The van der Waals surface area contributed by atoms with Crippen molar-refractivity contribution in [2.24, 2.45) is 0 Å². The summed E-state index contributed by atoms with van der Waals surface area (Å²) in [5.41, 5.74) is -1.07. The zero-order valence-electron chi connectivity index (χ0n) is 11.3. The second-order valence-corrected chi connectivity index (χ2v) is 6.04. The Morgan fingerprint density at radius 3 is 2.11 bits per heavy atom. The molecule has 1 aromatic carbocycles. The highest BCUT2D eigenvalue weighted by Crippen LogP contribution is 2.37. The smallest absolute Gasteiger partial charge is 0.399 e. The second-order valence-electron chi connectivity index (χ2n) is 5.63. The number of alkyl halides is 2. The molecule has 6 heteroatoms. The maximum Gasteiger partial charge on any atom is 0.495 e. The van der Waals surface area contributed by atoms with Crippen molar-refractivity contribution < 1.29 is 18.1 Å². The molecular formula is C13H16BClF2O2. The molecule has 104 valence electrons. The van der Waals surface area contributed by atoms with Gasteiger partial charge in [-0.15, -0.1) is 0 Å². The summed E-state index contributed by atoms with van der Waals surface area (Å²) in [6, 6.07) is 4.63. The summed E-state index contributed by atoms with van der Waals surface area (Å²) in [7, 11) is -0.826. The van der Waals surface area contributed by atoms with E-state index in [1.54, 1.807) is 12.1 Å². The van der Waals surface area contributed by atoms with E-state index in [-0.39, 0.29) is 10.6 Å². The predicted octanol–water partition coefficient (Wildman–Crippen LogP) is 3.58. The molecule has 1 fully saturated rings. The minimum absolute atomic E-state index is 0.0298. The van der Waals surface area contributed by atoms with Gasteiger partial charge in [0.15, 0.2) is 0 Å². The highest BCUT2D eigenvalue weighted by molar-refractivity contribution is 6.63. The second kappa shape index (κ2) is 4.72. The van der Waals surface area contributed by atoms with Crippen LogP contribution >= 0.6 is 11.6 Å². The van der Waals surface area contributed by atoms with E-state index in [1.165, 1.54) is 6.07 Å². The molecule has 0 spiro atoms. The Kier molecular flexibility index (Phi) is 3.67. The fraction of sp³-hybridized carbons (Fsp3) is 0.538. The van der Waals surface area contributed by atoms with E-state index in [0.29, 0.717) is 5.46 Å². The van der Waals surface area contributed by atoms with Gasteiger partial charge in [0.1, 0.15) is 0 Å². The molecule has 1 aliphatic rings. The normalized spacial score (nSPS) is 21.2. The summed E-state index contributed by atoms with van der Waals surface area (Å²) in [5, 5.41) is 0.0298. The van der Waals surface area contributed by atoms with Crippen molar-refractivity contribution in [2.75, 3.05) is 0 Å². The van der Waals surface area contributed by atoms with Gasteiger partial charge < -0.3 is 9.31 Å². The fourth-order valence-electron chi connectivity index (χ4n) is 1.96. The summed E-state index contributed by atoms with van der Waals surface area (Å²) in [6.45, 7) is 7.50. The van der Waals surface area contributed by atoms with E-state index < -0.39 is 24.7 Å². The maximum absolute atomic E-state index is 13.1. The molecule has 1 aromatic rings. The Morgan fingerprint density at radius 1 is 1.11 bits per heavy atom. The van der Waals surface area contributed by atoms with Crippen molar-refractivity contribution in [1.29, 1.82) is 0 Å². The molecule has 0 aromatic heterocycles. The van der Waals surface area contributed by atoms with Crippen molar-refractivity contribution in [2.45, 2.75) is 45.3 Å². The molecule has 2 nitrogen and oxygen atoms in total. The van der Waals surface area contributed by atoms with Crippen molar-refractivity contribution in [3.05, 3.63) is 28.8 Å². The molecule has 1 heterocycles. The molecular weight excluding hydrogens is 272 g/mol. The van der Waals surface area contributed by atoms with E-state index in [9.17, 15) is 8.78 Å². The van der Waals surface area contributed by atoms with Gasteiger partial charge in [0, 0.05) is 10.6 Å². The minimum atomic E-state index is -2.66. The predicted molar refractivity (Wildman–Crippen MR) is 72.1 cm³/mol. The quantitative estimate of drug-likeness (QED) is 0.775. The molecule has 1 saturated heterocycles. The molecule has 2 rings (SSSR count). The monoisotopic (exact) mass is 288 g/mol. The highest BCUT2D eigenvalue weighted by Gasteiger charge is 2.52. The number of halogens is 3. The van der Waals surface area contributed by atoms with Crippen molar-refractivity contribution in [3.63, 3.8) is 0 Å². The van der Waals surface area contributed by atoms with Gasteiger partial charge in [-0.2, -0.15) is 0 Å². The first-order valence-corrected chi connectivity index (χ1v) is 6.45. The van der Waals surface area contributed by atoms with Crippen LogP contribution in [0, 0.1) is 0 Å². The average molecular weight is 289 g/mol. The molecule has 0 unspecified atom stereocenters. The van der Waals surface area contributed by atoms with E-state index in [2.05, 4.69) is 0 Å². The first-order chi connectivity index (χ1) is 8.66. The first-order valence-electron chi connectivity index (χ1n) is 6.08. The van der Waals surface area contributed by atoms with Crippen LogP contribution in [-0.4, -0.2) is 18.3 Å². The number of hydrogen-bond donors (Lipinski definition) is 0. The third kappa shape index (κ3) is 2.51. The van der Waals surface area contributed by atoms with E-state index in [4.69, 9.17) is 20.9 Å². The summed E-state index contributed by atoms with van der Waals surface area (Å²) in [6.07, 6.45) is -2.66. The molecule has 0 saturated carbocycles. The van der Waals surface area contributed by atoms with Gasteiger partial charge in [-0.3, -0.25) is 0 Å². The number of rotatable bonds is 2. The van der Waals surface area contributed by atoms with Crippen LogP contribution in [0.5, 0.6) is 0 Å². The van der Waals surface area contributed by atoms with Crippen LogP contribution in [0.15, 0.2) is 18.2 Å². The third-order valence-corrected chi connectivity index (χ3v) is 4.14. The van der Waals surface area contributed by atoms with E-state index >= 15 is 0 Å². The van der Waals surface area contributed by atoms with Crippen LogP contribution in [0.4, 0.5) is 8.78 Å². The molecule has 1 aliphatic heterocycles. The zero-order valence-corrected chi connectivity index (χ0v) is 12.1. The number of hydrogen-bond acceptors (Lipinski definition) is 2. The Morgan fingerprint density at radius 2 is 1.63 bits per heavy atom. The SMILES string of the molecule is CC1(C)OB(c2cccc(Cl)c2C(F)F)OC1(C)C. The summed E-state index contributed by atoms with van der Waals surface area (Å²) >= 11 is 5.85. The summed E-state index contributed by atoms with van der Waals surface area (Å²) < 4.78 is 37.8. The van der Waals surface area contributed by atoms with Gasteiger partial charge >= 0.3 is 7.12 Å². The lowest BCUT2D eigenvalue weighted by Crippen LogP contribution is -2.41. The lowest BCUT2D eigenvalue weighted by Gasteiger charge is -2.32. The van der Waals surface area contributed by atoms with E-state index in [1.807, 2.05) is 27.7 Å². The maximum atomic E-state index is 13.1. The molecule has 0 bridgehead atoms. The Hall–Kier alpha value is -0.645. The molecule has 0 aliphatic carbocycles. The lowest BCUT2D eigenvalue weighted by atomic mass is 9.76. The van der Waals surface area contributed by atoms with Gasteiger partial charge in [-0.25, -0.2) is 8.78 Å². The molecule has 19 heavy (non-hydrogen) atoms. The van der Waals surface area contributed by atoms with Crippen LogP contribution in [-0.2, 0) is 9.31 Å². The molecule has 0 amide bonds. The molecule has 0 N–H and O–H groups in total. The first kappa shape index (κ1) is 14.8. The van der Waals surface area contributed by atoms with Gasteiger partial charge in [-0.05, 0) is 39.2 Å².